The number of carbonyl (C=O) groups is 1. The minimum atomic E-state index is -0.977. The van der Waals surface area contributed by atoms with Crippen molar-refractivity contribution in [2.45, 2.75) is 31.6 Å². The van der Waals surface area contributed by atoms with E-state index >= 15 is 0 Å². The Morgan fingerprint density at radius 3 is 2.63 bits per heavy atom. The number of hydrogen-bond donors (Lipinski definition) is 2. The lowest BCUT2D eigenvalue weighted by Gasteiger charge is -2.24. The van der Waals surface area contributed by atoms with Gasteiger partial charge in [0.15, 0.2) is 0 Å². The Morgan fingerprint density at radius 2 is 1.85 bits per heavy atom. The van der Waals surface area contributed by atoms with Crippen LogP contribution in [0.5, 0.6) is 0 Å². The first-order valence-electron chi connectivity index (χ1n) is 9.21. The van der Waals surface area contributed by atoms with Gasteiger partial charge in [0.2, 0.25) is 5.91 Å². The highest BCUT2D eigenvalue weighted by Gasteiger charge is 2.39. The summed E-state index contributed by atoms with van der Waals surface area (Å²) in [5, 5.41) is 20.5. The molecule has 1 fully saturated rings. The number of imidazole rings is 1. The Morgan fingerprint density at radius 1 is 1.11 bits per heavy atom. The first kappa shape index (κ1) is 17.7. The smallest absolute Gasteiger partial charge is 0.224 e. The van der Waals surface area contributed by atoms with Crippen LogP contribution in [-0.4, -0.2) is 43.7 Å². The van der Waals surface area contributed by atoms with E-state index in [0.29, 0.717) is 38.3 Å². The topological polar surface area (TPSA) is 78.6 Å². The zero-order chi connectivity index (χ0) is 18.9. The summed E-state index contributed by atoms with van der Waals surface area (Å²) in [4.78, 5) is 18.9. The Kier molecular flexibility index (Phi) is 4.68. The lowest BCUT2D eigenvalue weighted by Crippen LogP contribution is -2.34. The second-order valence-electron chi connectivity index (χ2n) is 7.04. The number of carbonyl (C=O) groups excluding carboxylic acids is 1. The molecule has 0 spiro atoms. The summed E-state index contributed by atoms with van der Waals surface area (Å²) in [6, 6.07) is 17.2. The molecule has 6 nitrogen and oxygen atoms in total. The molecule has 3 aromatic rings. The van der Waals surface area contributed by atoms with Gasteiger partial charge in [0.05, 0.1) is 17.6 Å². The number of amides is 1. The largest absolute Gasteiger partial charge is 0.388 e. The molecule has 0 radical (unpaired) electrons. The molecule has 1 amide bonds. The van der Waals surface area contributed by atoms with Gasteiger partial charge in [0.1, 0.15) is 18.0 Å². The Hall–Kier alpha value is -2.70. The van der Waals surface area contributed by atoms with Crippen LogP contribution in [0.15, 0.2) is 54.6 Å². The predicted molar refractivity (Wildman–Crippen MR) is 102 cm³/mol. The van der Waals surface area contributed by atoms with E-state index in [-0.39, 0.29) is 12.5 Å². The molecule has 1 saturated heterocycles. The molecule has 27 heavy (non-hydrogen) atoms. The Bertz CT molecular complexity index is 954. The van der Waals surface area contributed by atoms with E-state index in [0.717, 1.165) is 16.6 Å². The number of aryl methyl sites for hydroxylation is 1. The molecule has 140 valence electrons. The molecule has 1 aromatic heterocycles. The Labute approximate surface area is 157 Å². The number of benzene rings is 2. The minimum absolute atomic E-state index is 0.00327. The van der Waals surface area contributed by atoms with Crippen molar-refractivity contribution in [3.63, 3.8) is 0 Å². The van der Waals surface area contributed by atoms with Crippen LogP contribution >= 0.6 is 0 Å². The SMILES string of the molecule is O=C(CCn1c(CO)nc2ccccc21)N1CC[C@](O)(c2ccccc2)C1. The lowest BCUT2D eigenvalue weighted by atomic mass is 9.93. The van der Waals surface area contributed by atoms with Crippen LogP contribution in [0.25, 0.3) is 11.0 Å². The summed E-state index contributed by atoms with van der Waals surface area (Å²) >= 11 is 0. The fourth-order valence-corrected chi connectivity index (χ4v) is 3.85. The first-order valence-corrected chi connectivity index (χ1v) is 9.21. The van der Waals surface area contributed by atoms with Crippen LogP contribution < -0.4 is 0 Å². The highest BCUT2D eigenvalue weighted by molar-refractivity contribution is 5.78. The number of β-amino-alcohol motifs (C(OH)–C–C–N with tert-alkyl or cyclic N) is 1. The molecular formula is C21H23N3O3. The number of para-hydroxylation sites is 2. The summed E-state index contributed by atoms with van der Waals surface area (Å²) in [7, 11) is 0. The third-order valence-corrected chi connectivity index (χ3v) is 5.34. The van der Waals surface area contributed by atoms with Crippen LogP contribution in [0.1, 0.15) is 24.2 Å². The molecule has 0 saturated carbocycles. The number of rotatable bonds is 5. The van der Waals surface area contributed by atoms with Crippen molar-refractivity contribution in [3.05, 3.63) is 66.0 Å². The van der Waals surface area contributed by atoms with Gasteiger partial charge in [0, 0.05) is 19.5 Å². The highest BCUT2D eigenvalue weighted by atomic mass is 16.3. The van der Waals surface area contributed by atoms with Crippen molar-refractivity contribution >= 4 is 16.9 Å². The molecule has 1 atom stereocenters. The zero-order valence-corrected chi connectivity index (χ0v) is 15.1. The van der Waals surface area contributed by atoms with Crippen molar-refractivity contribution in [1.82, 2.24) is 14.5 Å². The van der Waals surface area contributed by atoms with Gasteiger partial charge >= 0.3 is 0 Å². The van der Waals surface area contributed by atoms with Crippen molar-refractivity contribution in [3.8, 4) is 0 Å². The number of aliphatic hydroxyl groups excluding tert-OH is 1. The normalized spacial score (nSPS) is 19.7. The van der Waals surface area contributed by atoms with Gasteiger partial charge in [-0.3, -0.25) is 4.79 Å². The van der Waals surface area contributed by atoms with Crippen molar-refractivity contribution in [2.75, 3.05) is 13.1 Å². The molecular weight excluding hydrogens is 342 g/mol. The van der Waals surface area contributed by atoms with Gasteiger partial charge in [-0.05, 0) is 24.1 Å². The Balaban J connectivity index is 1.45. The van der Waals surface area contributed by atoms with E-state index in [4.69, 9.17) is 0 Å². The molecule has 2 aromatic carbocycles. The van der Waals surface area contributed by atoms with E-state index in [2.05, 4.69) is 4.98 Å². The van der Waals surface area contributed by atoms with Crippen LogP contribution in [0, 0.1) is 0 Å². The molecule has 0 bridgehead atoms. The van der Waals surface area contributed by atoms with Gasteiger partial charge in [-0.1, -0.05) is 42.5 Å². The molecule has 0 aliphatic carbocycles. The van der Waals surface area contributed by atoms with Gasteiger partial charge in [-0.15, -0.1) is 0 Å². The second kappa shape index (κ2) is 7.13. The third kappa shape index (κ3) is 3.34. The van der Waals surface area contributed by atoms with Gasteiger partial charge in [-0.2, -0.15) is 0 Å². The van der Waals surface area contributed by atoms with E-state index in [9.17, 15) is 15.0 Å². The second-order valence-corrected chi connectivity index (χ2v) is 7.04. The van der Waals surface area contributed by atoms with E-state index in [1.54, 1.807) is 4.90 Å². The van der Waals surface area contributed by atoms with Crippen LogP contribution in [0.3, 0.4) is 0 Å². The molecule has 1 aliphatic rings. The molecule has 4 rings (SSSR count). The third-order valence-electron chi connectivity index (χ3n) is 5.34. The number of nitrogens with zero attached hydrogens (tertiary/aromatic N) is 3. The van der Waals surface area contributed by atoms with Crippen LogP contribution in [0.4, 0.5) is 0 Å². The summed E-state index contributed by atoms with van der Waals surface area (Å²) in [5.74, 6) is 0.565. The maximum atomic E-state index is 12.7. The predicted octanol–water partition coefficient (Wildman–Crippen LogP) is 2.04. The average Bonchev–Trinajstić information content (AvgIpc) is 3.28. The van der Waals surface area contributed by atoms with Crippen molar-refractivity contribution in [2.24, 2.45) is 0 Å². The van der Waals surface area contributed by atoms with Crippen LogP contribution in [0.2, 0.25) is 0 Å². The monoisotopic (exact) mass is 365 g/mol. The molecule has 0 unspecified atom stereocenters. The maximum Gasteiger partial charge on any atom is 0.224 e. The van der Waals surface area contributed by atoms with Crippen molar-refractivity contribution < 1.29 is 15.0 Å². The average molecular weight is 365 g/mol. The van der Waals surface area contributed by atoms with Gasteiger partial charge < -0.3 is 19.7 Å². The van der Waals surface area contributed by atoms with E-state index < -0.39 is 5.60 Å². The minimum Gasteiger partial charge on any atom is -0.388 e. The first-order chi connectivity index (χ1) is 13.1. The van der Waals surface area contributed by atoms with Crippen LogP contribution in [-0.2, 0) is 23.5 Å². The number of aromatic nitrogens is 2. The fraction of sp³-hybridized carbons (Fsp3) is 0.333. The number of aliphatic hydroxyl groups is 2. The molecule has 1 aliphatic heterocycles. The maximum absolute atomic E-state index is 12.7. The lowest BCUT2D eigenvalue weighted by molar-refractivity contribution is -0.131. The fourth-order valence-electron chi connectivity index (χ4n) is 3.85. The highest BCUT2D eigenvalue weighted by Crippen LogP contribution is 2.32. The standard InChI is InChI=1S/C21H23N3O3/c25-14-19-22-17-8-4-5-9-18(17)24(19)12-10-20(26)23-13-11-21(27,15-23)16-6-2-1-3-7-16/h1-9,25,27H,10-15H2/t21-/m1/s1. The summed E-state index contributed by atoms with van der Waals surface area (Å²) < 4.78 is 1.90. The number of hydrogen-bond acceptors (Lipinski definition) is 4. The van der Waals surface area contributed by atoms with Crippen molar-refractivity contribution in [1.29, 1.82) is 0 Å². The molecule has 6 heteroatoms. The van der Waals surface area contributed by atoms with Gasteiger partial charge in [-0.25, -0.2) is 4.98 Å². The van der Waals surface area contributed by atoms with E-state index in [1.165, 1.54) is 0 Å². The molecule has 2 N–H and O–H groups in total. The number of likely N-dealkylation sites (tertiary alicyclic amines) is 1. The van der Waals surface area contributed by atoms with Gasteiger partial charge in [0.25, 0.3) is 0 Å². The quantitative estimate of drug-likeness (QED) is 0.725. The molecule has 2 heterocycles. The van der Waals surface area contributed by atoms with E-state index in [1.807, 2.05) is 59.2 Å². The summed E-state index contributed by atoms with van der Waals surface area (Å²) in [6.45, 7) is 1.14. The number of fused-ring (bicyclic) bond motifs is 1. The zero-order valence-electron chi connectivity index (χ0n) is 15.1. The summed E-state index contributed by atoms with van der Waals surface area (Å²) in [6.07, 6.45) is 0.844. The summed E-state index contributed by atoms with van der Waals surface area (Å²) in [5.41, 5.74) is 1.60.